The maximum atomic E-state index is 12.2. The molecule has 3 aromatic rings. The number of allylic oxidation sites excluding steroid dienone is 1. The molecule has 0 aliphatic rings. The second-order valence-electron chi connectivity index (χ2n) is 6.37. The highest BCUT2D eigenvalue weighted by Gasteiger charge is 2.17. The van der Waals surface area contributed by atoms with E-state index in [2.05, 4.69) is 22.1 Å². The number of nitrogens with one attached hydrogen (secondary N) is 1. The monoisotopic (exact) mass is 442 g/mol. The third kappa shape index (κ3) is 5.43. The minimum Gasteiger partial charge on any atom is -0.496 e. The smallest absolute Gasteiger partial charge is 0.221 e. The highest BCUT2D eigenvalue weighted by molar-refractivity contribution is 7.99. The van der Waals surface area contributed by atoms with Crippen molar-refractivity contribution in [2.45, 2.75) is 24.7 Å². The third-order valence-corrected chi connectivity index (χ3v) is 5.71. The van der Waals surface area contributed by atoms with Crippen molar-refractivity contribution >= 4 is 29.3 Å². The van der Waals surface area contributed by atoms with E-state index in [9.17, 15) is 4.79 Å². The largest absolute Gasteiger partial charge is 0.496 e. The second kappa shape index (κ2) is 10.8. The Morgan fingerprint density at radius 2 is 2.00 bits per heavy atom. The van der Waals surface area contributed by atoms with Gasteiger partial charge < -0.3 is 10.1 Å². The van der Waals surface area contributed by atoms with Crippen molar-refractivity contribution in [2.24, 2.45) is 0 Å². The van der Waals surface area contributed by atoms with E-state index in [0.29, 0.717) is 36.1 Å². The number of carbonyl (C=O) groups is 1. The van der Waals surface area contributed by atoms with Gasteiger partial charge in [0, 0.05) is 30.3 Å². The van der Waals surface area contributed by atoms with Crippen LogP contribution >= 0.6 is 23.4 Å². The van der Waals surface area contributed by atoms with Gasteiger partial charge in [-0.2, -0.15) is 0 Å². The molecule has 0 radical (unpaired) electrons. The maximum absolute atomic E-state index is 12.2. The van der Waals surface area contributed by atoms with Crippen LogP contribution in [0.1, 0.15) is 12.0 Å². The summed E-state index contributed by atoms with van der Waals surface area (Å²) in [5.74, 6) is 1.97. The number of methoxy groups -OCH3 is 1. The van der Waals surface area contributed by atoms with Gasteiger partial charge in [-0.1, -0.05) is 59.8 Å². The SMILES string of the molecule is C=CCn1c(SCCC(=O)NCc2ccccc2Cl)nnc1-c1ccccc1OC. The molecule has 3 rings (SSSR count). The Morgan fingerprint density at radius 3 is 2.77 bits per heavy atom. The summed E-state index contributed by atoms with van der Waals surface area (Å²) in [4.78, 5) is 12.2. The van der Waals surface area contributed by atoms with Gasteiger partial charge in [0.2, 0.25) is 5.91 Å². The first-order chi connectivity index (χ1) is 14.6. The molecular weight excluding hydrogens is 420 g/mol. The van der Waals surface area contributed by atoms with Crippen LogP contribution in [-0.2, 0) is 17.9 Å². The van der Waals surface area contributed by atoms with Gasteiger partial charge in [0.1, 0.15) is 5.75 Å². The predicted molar refractivity (Wildman–Crippen MR) is 121 cm³/mol. The number of hydrogen-bond donors (Lipinski definition) is 1. The Hall–Kier alpha value is -2.77. The summed E-state index contributed by atoms with van der Waals surface area (Å²) >= 11 is 7.61. The first-order valence-corrected chi connectivity index (χ1v) is 10.8. The standard InChI is InChI=1S/C22H23ClN4O2S/c1-3-13-27-21(17-9-5-7-11-19(17)29-2)25-26-22(27)30-14-12-20(28)24-15-16-8-4-6-10-18(16)23/h3-11H,1,12-15H2,2H3,(H,24,28). The minimum absolute atomic E-state index is 0.0397. The number of thioether (sulfide) groups is 1. The van der Waals surface area contributed by atoms with Gasteiger partial charge in [-0.25, -0.2) is 0 Å². The van der Waals surface area contributed by atoms with Crippen LogP contribution in [0.2, 0.25) is 5.02 Å². The molecular formula is C22H23ClN4O2S. The summed E-state index contributed by atoms with van der Waals surface area (Å²) in [6.45, 7) is 4.80. The molecule has 0 saturated carbocycles. The van der Waals surface area contributed by atoms with Crippen LogP contribution in [-0.4, -0.2) is 33.5 Å². The molecule has 1 aromatic heterocycles. The quantitative estimate of drug-likeness (QED) is 0.367. The van der Waals surface area contributed by atoms with Crippen LogP contribution in [0.25, 0.3) is 11.4 Å². The number of nitrogens with zero attached hydrogens (tertiary/aromatic N) is 3. The van der Waals surface area contributed by atoms with Crippen molar-refractivity contribution in [3.8, 4) is 17.1 Å². The maximum Gasteiger partial charge on any atom is 0.221 e. The van der Waals surface area contributed by atoms with E-state index < -0.39 is 0 Å². The summed E-state index contributed by atoms with van der Waals surface area (Å²) in [5.41, 5.74) is 1.76. The van der Waals surface area contributed by atoms with Crippen molar-refractivity contribution in [1.82, 2.24) is 20.1 Å². The lowest BCUT2D eigenvalue weighted by Crippen LogP contribution is -2.23. The third-order valence-electron chi connectivity index (χ3n) is 4.37. The van der Waals surface area contributed by atoms with Gasteiger partial charge in [-0.15, -0.1) is 16.8 Å². The summed E-state index contributed by atoms with van der Waals surface area (Å²) in [6.07, 6.45) is 2.16. The summed E-state index contributed by atoms with van der Waals surface area (Å²) < 4.78 is 7.42. The molecule has 2 aromatic carbocycles. The van der Waals surface area contributed by atoms with Crippen LogP contribution in [0.5, 0.6) is 5.75 Å². The molecule has 0 fully saturated rings. The van der Waals surface area contributed by atoms with Crippen molar-refractivity contribution < 1.29 is 9.53 Å². The number of amides is 1. The zero-order chi connectivity index (χ0) is 21.3. The van der Waals surface area contributed by atoms with Crippen molar-refractivity contribution in [1.29, 1.82) is 0 Å². The molecule has 0 atom stereocenters. The molecule has 1 heterocycles. The Kier molecular flexibility index (Phi) is 7.93. The Labute approximate surface area is 185 Å². The van der Waals surface area contributed by atoms with Crippen molar-refractivity contribution in [3.05, 3.63) is 71.8 Å². The Bertz CT molecular complexity index is 1020. The fourth-order valence-electron chi connectivity index (χ4n) is 2.88. The summed E-state index contributed by atoms with van der Waals surface area (Å²) in [5, 5.41) is 12.9. The zero-order valence-electron chi connectivity index (χ0n) is 16.7. The van der Waals surface area contributed by atoms with Gasteiger partial charge in [0.25, 0.3) is 0 Å². The van der Waals surface area contributed by atoms with Gasteiger partial charge >= 0.3 is 0 Å². The van der Waals surface area contributed by atoms with Crippen LogP contribution in [0.3, 0.4) is 0 Å². The van der Waals surface area contributed by atoms with E-state index in [1.807, 2.05) is 53.1 Å². The number of hydrogen-bond acceptors (Lipinski definition) is 5. The average Bonchev–Trinajstić information content (AvgIpc) is 3.15. The number of para-hydroxylation sites is 1. The van der Waals surface area contributed by atoms with Crippen molar-refractivity contribution in [2.75, 3.05) is 12.9 Å². The van der Waals surface area contributed by atoms with E-state index in [4.69, 9.17) is 16.3 Å². The number of ether oxygens (including phenoxy) is 1. The normalized spacial score (nSPS) is 10.6. The first kappa shape index (κ1) is 21.9. The molecule has 8 heteroatoms. The molecule has 0 unspecified atom stereocenters. The second-order valence-corrected chi connectivity index (χ2v) is 7.84. The van der Waals surface area contributed by atoms with E-state index >= 15 is 0 Å². The predicted octanol–water partition coefficient (Wildman–Crippen LogP) is 4.59. The zero-order valence-corrected chi connectivity index (χ0v) is 18.2. The number of aromatic nitrogens is 3. The summed E-state index contributed by atoms with van der Waals surface area (Å²) in [7, 11) is 1.63. The van der Waals surface area contributed by atoms with Crippen LogP contribution in [0.4, 0.5) is 0 Å². The van der Waals surface area contributed by atoms with E-state index in [1.54, 1.807) is 13.2 Å². The molecule has 0 spiro atoms. The van der Waals surface area contributed by atoms with Gasteiger partial charge in [-0.05, 0) is 23.8 Å². The molecule has 0 saturated heterocycles. The molecule has 6 nitrogen and oxygen atoms in total. The molecule has 0 aliphatic heterocycles. The first-order valence-electron chi connectivity index (χ1n) is 9.44. The van der Waals surface area contributed by atoms with Crippen LogP contribution in [0, 0.1) is 0 Å². The molecule has 0 aliphatic carbocycles. The number of benzene rings is 2. The topological polar surface area (TPSA) is 69.0 Å². The number of rotatable bonds is 10. The lowest BCUT2D eigenvalue weighted by Gasteiger charge is -2.10. The lowest BCUT2D eigenvalue weighted by molar-refractivity contribution is -0.120. The Balaban J connectivity index is 1.61. The average molecular weight is 443 g/mol. The van der Waals surface area contributed by atoms with E-state index in [0.717, 1.165) is 22.0 Å². The van der Waals surface area contributed by atoms with Gasteiger partial charge in [-0.3, -0.25) is 9.36 Å². The van der Waals surface area contributed by atoms with Crippen LogP contribution < -0.4 is 10.1 Å². The van der Waals surface area contributed by atoms with E-state index in [-0.39, 0.29) is 5.91 Å². The van der Waals surface area contributed by atoms with Crippen molar-refractivity contribution in [3.63, 3.8) is 0 Å². The number of halogens is 1. The molecule has 0 bridgehead atoms. The molecule has 156 valence electrons. The molecule has 1 N–H and O–H groups in total. The molecule has 30 heavy (non-hydrogen) atoms. The minimum atomic E-state index is -0.0397. The van der Waals surface area contributed by atoms with Gasteiger partial charge in [0.05, 0.1) is 12.7 Å². The Morgan fingerprint density at radius 1 is 1.23 bits per heavy atom. The van der Waals surface area contributed by atoms with Gasteiger partial charge in [0.15, 0.2) is 11.0 Å². The summed E-state index contributed by atoms with van der Waals surface area (Å²) in [6, 6.07) is 15.1. The highest BCUT2D eigenvalue weighted by atomic mass is 35.5. The fourth-order valence-corrected chi connectivity index (χ4v) is 3.96. The number of carbonyl (C=O) groups excluding carboxylic acids is 1. The molecule has 1 amide bonds. The fraction of sp³-hybridized carbons (Fsp3) is 0.227. The highest BCUT2D eigenvalue weighted by Crippen LogP contribution is 2.31. The van der Waals surface area contributed by atoms with E-state index in [1.165, 1.54) is 11.8 Å². The lowest BCUT2D eigenvalue weighted by atomic mass is 10.2. The van der Waals surface area contributed by atoms with Crippen LogP contribution in [0.15, 0.2) is 66.3 Å².